The van der Waals surface area contributed by atoms with E-state index in [1.54, 1.807) is 0 Å². The predicted octanol–water partition coefficient (Wildman–Crippen LogP) is 4.32. The fourth-order valence-electron chi connectivity index (χ4n) is 3.69. The van der Waals surface area contributed by atoms with Crippen LogP contribution in [0.3, 0.4) is 0 Å². The van der Waals surface area contributed by atoms with Crippen LogP contribution in [0.4, 0.5) is 0 Å². The van der Waals surface area contributed by atoms with Crippen molar-refractivity contribution in [2.24, 2.45) is 11.8 Å². The van der Waals surface area contributed by atoms with E-state index in [1.165, 1.54) is 30.2 Å². The second-order valence-electron chi connectivity index (χ2n) is 6.06. The molecule has 0 amide bonds. The summed E-state index contributed by atoms with van der Waals surface area (Å²) in [6.45, 7) is 5.64. The third-order valence-corrected chi connectivity index (χ3v) is 4.77. The highest BCUT2D eigenvalue weighted by Gasteiger charge is 2.31. The third-order valence-electron chi connectivity index (χ3n) is 4.77. The van der Waals surface area contributed by atoms with Crippen molar-refractivity contribution in [1.29, 1.82) is 0 Å². The molecular formula is C18H24N2. The summed E-state index contributed by atoms with van der Waals surface area (Å²) in [7, 11) is 0. The monoisotopic (exact) mass is 268 g/mol. The Balaban J connectivity index is 1.96. The van der Waals surface area contributed by atoms with E-state index in [0.29, 0.717) is 6.04 Å². The molecule has 1 N–H and O–H groups in total. The van der Waals surface area contributed by atoms with E-state index in [0.717, 1.165) is 23.9 Å². The van der Waals surface area contributed by atoms with Crippen LogP contribution in [0.5, 0.6) is 0 Å². The molecule has 1 fully saturated rings. The molecule has 1 aliphatic carbocycles. The van der Waals surface area contributed by atoms with Crippen LogP contribution in [0.25, 0.3) is 10.9 Å². The van der Waals surface area contributed by atoms with Gasteiger partial charge in [0.2, 0.25) is 0 Å². The fourth-order valence-corrected chi connectivity index (χ4v) is 3.69. The molecule has 1 aromatic carbocycles. The lowest BCUT2D eigenvalue weighted by atomic mass is 9.85. The van der Waals surface area contributed by atoms with Gasteiger partial charge in [-0.05, 0) is 48.6 Å². The Bertz CT molecular complexity index is 578. The maximum absolute atomic E-state index is 4.42. The number of aromatic nitrogens is 1. The minimum atomic E-state index is 0.488. The highest BCUT2D eigenvalue weighted by atomic mass is 14.9. The zero-order valence-electron chi connectivity index (χ0n) is 12.5. The molecule has 3 unspecified atom stereocenters. The standard InChI is InChI=1S/C18H24N2/c1-3-19-18(16-8-4-6-13(16)2)15-9-10-17-14(12-15)7-5-11-20-17/h5,7,9-13,16,18-19H,3-4,6,8H2,1-2H3. The highest BCUT2D eigenvalue weighted by Crippen LogP contribution is 2.40. The van der Waals surface area contributed by atoms with Crippen molar-refractivity contribution < 1.29 is 0 Å². The first-order chi connectivity index (χ1) is 9.79. The molecular weight excluding hydrogens is 244 g/mol. The lowest BCUT2D eigenvalue weighted by molar-refractivity contribution is 0.306. The van der Waals surface area contributed by atoms with E-state index in [-0.39, 0.29) is 0 Å². The molecule has 0 aliphatic heterocycles. The van der Waals surface area contributed by atoms with Crippen LogP contribution in [0.15, 0.2) is 36.5 Å². The second kappa shape index (κ2) is 5.92. The predicted molar refractivity (Wildman–Crippen MR) is 84.7 cm³/mol. The SMILES string of the molecule is CCNC(c1ccc2ncccc2c1)C1CCCC1C. The van der Waals surface area contributed by atoms with Crippen molar-refractivity contribution in [2.75, 3.05) is 6.54 Å². The van der Waals surface area contributed by atoms with E-state index < -0.39 is 0 Å². The Morgan fingerprint density at radius 3 is 2.95 bits per heavy atom. The van der Waals surface area contributed by atoms with Gasteiger partial charge < -0.3 is 5.32 Å². The van der Waals surface area contributed by atoms with Gasteiger partial charge in [0.15, 0.2) is 0 Å². The Morgan fingerprint density at radius 1 is 1.30 bits per heavy atom. The topological polar surface area (TPSA) is 24.9 Å². The fraction of sp³-hybridized carbons (Fsp3) is 0.500. The lowest BCUT2D eigenvalue weighted by Crippen LogP contribution is -2.29. The molecule has 1 heterocycles. The Morgan fingerprint density at radius 2 is 2.20 bits per heavy atom. The normalized spacial score (nSPS) is 24.1. The Kier molecular flexibility index (Phi) is 4.02. The van der Waals surface area contributed by atoms with Crippen molar-refractivity contribution in [3.63, 3.8) is 0 Å². The lowest BCUT2D eigenvalue weighted by Gasteiger charge is -2.28. The minimum absolute atomic E-state index is 0.488. The smallest absolute Gasteiger partial charge is 0.0702 e. The van der Waals surface area contributed by atoms with Gasteiger partial charge in [0.1, 0.15) is 0 Å². The average Bonchev–Trinajstić information content (AvgIpc) is 2.90. The summed E-state index contributed by atoms with van der Waals surface area (Å²) < 4.78 is 0. The van der Waals surface area contributed by atoms with Gasteiger partial charge in [0.25, 0.3) is 0 Å². The molecule has 3 rings (SSSR count). The van der Waals surface area contributed by atoms with Crippen LogP contribution in [-0.4, -0.2) is 11.5 Å². The van der Waals surface area contributed by atoms with E-state index in [9.17, 15) is 0 Å². The number of hydrogen-bond donors (Lipinski definition) is 1. The van der Waals surface area contributed by atoms with Crippen molar-refractivity contribution in [3.05, 3.63) is 42.1 Å². The molecule has 0 saturated heterocycles. The van der Waals surface area contributed by atoms with Gasteiger partial charge in [-0.1, -0.05) is 38.8 Å². The van der Waals surface area contributed by atoms with E-state index >= 15 is 0 Å². The molecule has 0 spiro atoms. The van der Waals surface area contributed by atoms with Gasteiger partial charge in [-0.15, -0.1) is 0 Å². The Labute approximate surface area is 121 Å². The molecule has 106 valence electrons. The first-order valence-corrected chi connectivity index (χ1v) is 7.87. The van der Waals surface area contributed by atoms with Crippen LogP contribution >= 0.6 is 0 Å². The first-order valence-electron chi connectivity index (χ1n) is 7.87. The number of fused-ring (bicyclic) bond motifs is 1. The van der Waals surface area contributed by atoms with Gasteiger partial charge in [-0.25, -0.2) is 0 Å². The van der Waals surface area contributed by atoms with Crippen LogP contribution in [0.2, 0.25) is 0 Å². The summed E-state index contributed by atoms with van der Waals surface area (Å²) in [5, 5.41) is 4.96. The van der Waals surface area contributed by atoms with Crippen LogP contribution in [0.1, 0.15) is 44.7 Å². The number of pyridine rings is 1. The zero-order chi connectivity index (χ0) is 13.9. The number of benzene rings is 1. The number of hydrogen-bond acceptors (Lipinski definition) is 2. The summed E-state index contributed by atoms with van der Waals surface area (Å²) >= 11 is 0. The van der Waals surface area contributed by atoms with Crippen molar-refractivity contribution >= 4 is 10.9 Å². The summed E-state index contributed by atoms with van der Waals surface area (Å²) in [4.78, 5) is 4.42. The molecule has 1 aliphatic rings. The summed E-state index contributed by atoms with van der Waals surface area (Å²) in [5.41, 5.74) is 2.51. The van der Waals surface area contributed by atoms with Crippen LogP contribution < -0.4 is 5.32 Å². The van der Waals surface area contributed by atoms with Gasteiger partial charge >= 0.3 is 0 Å². The molecule has 0 bridgehead atoms. The molecule has 2 heteroatoms. The number of rotatable bonds is 4. The third kappa shape index (κ3) is 2.57. The van der Waals surface area contributed by atoms with E-state index in [2.05, 4.69) is 48.4 Å². The number of nitrogens with one attached hydrogen (secondary N) is 1. The van der Waals surface area contributed by atoms with Gasteiger partial charge in [0.05, 0.1) is 5.52 Å². The minimum Gasteiger partial charge on any atom is -0.310 e. The number of nitrogens with zero attached hydrogens (tertiary/aromatic N) is 1. The zero-order valence-corrected chi connectivity index (χ0v) is 12.5. The average molecular weight is 268 g/mol. The van der Waals surface area contributed by atoms with Crippen molar-refractivity contribution in [2.45, 2.75) is 39.2 Å². The summed E-state index contributed by atoms with van der Waals surface area (Å²) in [6.07, 6.45) is 5.97. The molecule has 2 nitrogen and oxygen atoms in total. The molecule has 20 heavy (non-hydrogen) atoms. The first kappa shape index (κ1) is 13.6. The van der Waals surface area contributed by atoms with Gasteiger partial charge in [-0.3, -0.25) is 4.98 Å². The molecule has 1 saturated carbocycles. The van der Waals surface area contributed by atoms with Gasteiger partial charge in [-0.2, -0.15) is 0 Å². The van der Waals surface area contributed by atoms with Crippen LogP contribution in [0, 0.1) is 11.8 Å². The van der Waals surface area contributed by atoms with Gasteiger partial charge in [0, 0.05) is 17.6 Å². The largest absolute Gasteiger partial charge is 0.310 e. The molecule has 0 radical (unpaired) electrons. The molecule has 3 atom stereocenters. The van der Waals surface area contributed by atoms with E-state index in [4.69, 9.17) is 0 Å². The Hall–Kier alpha value is -1.41. The maximum Gasteiger partial charge on any atom is 0.0702 e. The van der Waals surface area contributed by atoms with Crippen molar-refractivity contribution in [1.82, 2.24) is 10.3 Å². The van der Waals surface area contributed by atoms with E-state index in [1.807, 2.05) is 12.3 Å². The molecule has 2 aromatic rings. The summed E-state index contributed by atoms with van der Waals surface area (Å²) in [6, 6.07) is 11.4. The molecule has 1 aromatic heterocycles. The van der Waals surface area contributed by atoms with Crippen molar-refractivity contribution in [3.8, 4) is 0 Å². The van der Waals surface area contributed by atoms with Crippen LogP contribution in [-0.2, 0) is 0 Å². The quantitative estimate of drug-likeness (QED) is 0.893. The summed E-state index contributed by atoms with van der Waals surface area (Å²) in [5.74, 6) is 1.59. The highest BCUT2D eigenvalue weighted by molar-refractivity contribution is 5.79. The maximum atomic E-state index is 4.42. The second-order valence-corrected chi connectivity index (χ2v) is 6.06.